The van der Waals surface area contributed by atoms with Crippen molar-refractivity contribution < 1.29 is 27.0 Å². The van der Waals surface area contributed by atoms with Crippen molar-refractivity contribution >= 4 is 6.08 Å². The third-order valence-electron chi connectivity index (χ3n) is 5.30. The summed E-state index contributed by atoms with van der Waals surface area (Å²) in [5.74, 6) is -6.96. The number of aryl methyl sites for hydroxylation is 2. The summed E-state index contributed by atoms with van der Waals surface area (Å²) in [6, 6.07) is 5.02. The molecule has 2 aromatic rings. The predicted octanol–water partition coefficient (Wildman–Crippen LogP) is 4.87. The van der Waals surface area contributed by atoms with E-state index in [0.29, 0.717) is 32.8 Å². The van der Waals surface area contributed by atoms with E-state index in [2.05, 4.69) is 0 Å². The molecule has 0 amide bonds. The Morgan fingerprint density at radius 3 is 2.34 bits per heavy atom. The number of fused-ring (bicyclic) bond motifs is 1. The van der Waals surface area contributed by atoms with Gasteiger partial charge in [0.1, 0.15) is 5.75 Å². The van der Waals surface area contributed by atoms with Crippen LogP contribution < -0.4 is 4.74 Å². The fourth-order valence-corrected chi connectivity index (χ4v) is 3.70. The molecule has 1 saturated heterocycles. The molecule has 2 aliphatic rings. The van der Waals surface area contributed by atoms with Gasteiger partial charge in [0.05, 0.1) is 18.8 Å². The maximum atomic E-state index is 14.5. The van der Waals surface area contributed by atoms with E-state index in [9.17, 15) is 17.6 Å². The van der Waals surface area contributed by atoms with Gasteiger partial charge in [-0.3, -0.25) is 4.90 Å². The lowest BCUT2D eigenvalue weighted by atomic mass is 10.1. The predicted molar refractivity (Wildman–Crippen MR) is 101 cm³/mol. The summed E-state index contributed by atoms with van der Waals surface area (Å²) in [6.07, 6.45) is 5.31. The first-order valence-corrected chi connectivity index (χ1v) is 9.67. The van der Waals surface area contributed by atoms with Crippen LogP contribution in [-0.4, -0.2) is 37.7 Å². The highest BCUT2D eigenvalue weighted by Gasteiger charge is 2.26. The van der Waals surface area contributed by atoms with Gasteiger partial charge in [-0.1, -0.05) is 18.2 Å². The molecule has 0 aromatic heterocycles. The van der Waals surface area contributed by atoms with Crippen molar-refractivity contribution in [3.8, 4) is 11.5 Å². The Hall–Kier alpha value is -2.38. The van der Waals surface area contributed by atoms with Crippen molar-refractivity contribution in [1.82, 2.24) is 4.90 Å². The minimum Gasteiger partial charge on any atom is -0.451 e. The summed E-state index contributed by atoms with van der Waals surface area (Å²) in [4.78, 5) is 2.01. The second-order valence-corrected chi connectivity index (χ2v) is 7.20. The van der Waals surface area contributed by atoms with Gasteiger partial charge in [-0.15, -0.1) is 0 Å². The van der Waals surface area contributed by atoms with Gasteiger partial charge in [-0.25, -0.2) is 8.78 Å². The Labute approximate surface area is 166 Å². The van der Waals surface area contributed by atoms with Crippen LogP contribution in [0.15, 0.2) is 24.3 Å². The third kappa shape index (κ3) is 4.16. The summed E-state index contributed by atoms with van der Waals surface area (Å²) in [7, 11) is 0. The summed E-state index contributed by atoms with van der Waals surface area (Å²) >= 11 is 0. The summed E-state index contributed by atoms with van der Waals surface area (Å²) in [5, 5.41) is 0. The van der Waals surface area contributed by atoms with E-state index >= 15 is 0 Å². The van der Waals surface area contributed by atoms with Crippen LogP contribution in [0.4, 0.5) is 17.6 Å². The van der Waals surface area contributed by atoms with Crippen molar-refractivity contribution in [3.63, 3.8) is 0 Å². The van der Waals surface area contributed by atoms with E-state index < -0.39 is 34.6 Å². The number of hydrogen-bond donors (Lipinski definition) is 0. The van der Waals surface area contributed by atoms with Gasteiger partial charge in [-0.2, -0.15) is 8.78 Å². The first-order valence-electron chi connectivity index (χ1n) is 9.67. The maximum Gasteiger partial charge on any atom is 0.205 e. The molecule has 1 fully saturated rings. The largest absolute Gasteiger partial charge is 0.451 e. The van der Waals surface area contributed by atoms with Crippen LogP contribution in [0.3, 0.4) is 0 Å². The van der Waals surface area contributed by atoms with E-state index in [4.69, 9.17) is 9.47 Å². The van der Waals surface area contributed by atoms with E-state index in [1.54, 1.807) is 12.1 Å². The Kier molecular flexibility index (Phi) is 5.87. The van der Waals surface area contributed by atoms with E-state index in [-0.39, 0.29) is 5.75 Å². The van der Waals surface area contributed by atoms with Crippen LogP contribution in [0.1, 0.15) is 23.1 Å². The molecule has 154 valence electrons. The summed E-state index contributed by atoms with van der Waals surface area (Å²) < 4.78 is 68.3. The molecule has 0 spiro atoms. The standard InChI is InChI=1S/C22H21F4NO2/c23-18-17(5-2-8-27-9-11-28-12-10-27)19(24)21(26)22(20(18)25)29-16-7-6-14-3-1-4-15(14)13-16/h2,5-7,13H,1,3-4,8-12H2. The van der Waals surface area contributed by atoms with Crippen LogP contribution in [0.5, 0.6) is 11.5 Å². The highest BCUT2D eigenvalue weighted by Crippen LogP contribution is 2.35. The average molecular weight is 407 g/mol. The van der Waals surface area contributed by atoms with Gasteiger partial charge < -0.3 is 9.47 Å². The molecular formula is C22H21F4NO2. The number of nitrogens with zero attached hydrogens (tertiary/aromatic N) is 1. The second kappa shape index (κ2) is 8.55. The molecule has 7 heteroatoms. The van der Waals surface area contributed by atoms with Crippen LogP contribution in [0, 0.1) is 23.3 Å². The Bertz CT molecular complexity index is 910. The molecule has 29 heavy (non-hydrogen) atoms. The number of benzene rings is 2. The zero-order chi connectivity index (χ0) is 20.4. The van der Waals surface area contributed by atoms with Gasteiger partial charge in [0, 0.05) is 19.6 Å². The monoisotopic (exact) mass is 407 g/mol. The molecular weight excluding hydrogens is 386 g/mol. The van der Waals surface area contributed by atoms with Crippen molar-refractivity contribution in [2.75, 3.05) is 32.8 Å². The molecule has 3 nitrogen and oxygen atoms in total. The topological polar surface area (TPSA) is 21.7 Å². The van der Waals surface area contributed by atoms with Crippen molar-refractivity contribution in [2.24, 2.45) is 0 Å². The Balaban J connectivity index is 1.56. The molecule has 0 radical (unpaired) electrons. The maximum absolute atomic E-state index is 14.5. The highest BCUT2D eigenvalue weighted by atomic mass is 19.2. The minimum atomic E-state index is -1.55. The average Bonchev–Trinajstić information content (AvgIpc) is 3.21. The lowest BCUT2D eigenvalue weighted by Gasteiger charge is -2.25. The molecule has 1 aliphatic heterocycles. The van der Waals surface area contributed by atoms with Crippen LogP contribution in [-0.2, 0) is 17.6 Å². The van der Waals surface area contributed by atoms with Gasteiger partial charge in [0.15, 0.2) is 11.6 Å². The molecule has 0 unspecified atom stereocenters. The highest BCUT2D eigenvalue weighted by molar-refractivity contribution is 5.54. The van der Waals surface area contributed by atoms with Crippen LogP contribution in [0.25, 0.3) is 6.08 Å². The smallest absolute Gasteiger partial charge is 0.205 e. The van der Waals surface area contributed by atoms with Crippen LogP contribution >= 0.6 is 0 Å². The van der Waals surface area contributed by atoms with E-state index in [0.717, 1.165) is 36.5 Å². The Morgan fingerprint density at radius 2 is 1.62 bits per heavy atom. The number of rotatable bonds is 5. The normalized spacial score (nSPS) is 17.1. The fraction of sp³-hybridized carbons (Fsp3) is 0.364. The summed E-state index contributed by atoms with van der Waals surface area (Å²) in [6.45, 7) is 2.93. The number of morpholine rings is 1. The van der Waals surface area contributed by atoms with Gasteiger partial charge in [-0.05, 0) is 42.5 Å². The molecule has 1 heterocycles. The zero-order valence-electron chi connectivity index (χ0n) is 15.8. The van der Waals surface area contributed by atoms with Crippen molar-refractivity contribution in [1.29, 1.82) is 0 Å². The lowest BCUT2D eigenvalue weighted by molar-refractivity contribution is 0.0435. The SMILES string of the molecule is Fc1c(F)c(Oc2ccc3c(c2)CCC3)c(F)c(F)c1C=CCN1CCOCC1. The molecule has 1 aliphatic carbocycles. The molecule has 2 aromatic carbocycles. The molecule has 0 bridgehead atoms. The molecule has 0 saturated carbocycles. The molecule has 4 rings (SSSR count). The fourth-order valence-electron chi connectivity index (χ4n) is 3.70. The first-order chi connectivity index (χ1) is 14.0. The zero-order valence-corrected chi connectivity index (χ0v) is 15.8. The van der Waals surface area contributed by atoms with Gasteiger partial charge >= 0.3 is 0 Å². The van der Waals surface area contributed by atoms with E-state index in [1.807, 2.05) is 11.0 Å². The number of ether oxygens (including phenoxy) is 2. The van der Waals surface area contributed by atoms with Gasteiger partial charge in [0.2, 0.25) is 17.4 Å². The molecule has 0 N–H and O–H groups in total. The van der Waals surface area contributed by atoms with E-state index in [1.165, 1.54) is 6.08 Å². The molecule has 0 atom stereocenters. The lowest BCUT2D eigenvalue weighted by Crippen LogP contribution is -2.36. The minimum absolute atomic E-state index is 0.151. The number of halogens is 4. The quantitative estimate of drug-likeness (QED) is 0.522. The number of hydrogen-bond acceptors (Lipinski definition) is 3. The first kappa shape index (κ1) is 19.9. The second-order valence-electron chi connectivity index (χ2n) is 7.20. The summed E-state index contributed by atoms with van der Waals surface area (Å²) in [5.41, 5.74) is 1.41. The third-order valence-corrected chi connectivity index (χ3v) is 5.30. The van der Waals surface area contributed by atoms with Gasteiger partial charge in [0.25, 0.3) is 0 Å². The van der Waals surface area contributed by atoms with Crippen LogP contribution in [0.2, 0.25) is 0 Å². The van der Waals surface area contributed by atoms with Crippen molar-refractivity contribution in [2.45, 2.75) is 19.3 Å². The Morgan fingerprint density at radius 1 is 0.931 bits per heavy atom. The van der Waals surface area contributed by atoms with Crippen molar-refractivity contribution in [3.05, 3.63) is 64.2 Å².